The van der Waals surface area contributed by atoms with Crippen molar-refractivity contribution in [1.82, 2.24) is 5.32 Å². The molecule has 7 heteroatoms. The van der Waals surface area contributed by atoms with Gasteiger partial charge in [-0.1, -0.05) is 41.5 Å². The SMILES string of the molecule is CC(C)(C)c1c(O)c(C(C)(C)C)c(S)c(C(=O)OCC2NCCS2)c1S. The van der Waals surface area contributed by atoms with Gasteiger partial charge in [0.1, 0.15) is 12.4 Å². The highest BCUT2D eigenvalue weighted by atomic mass is 32.2. The van der Waals surface area contributed by atoms with Crippen molar-refractivity contribution in [3.05, 3.63) is 16.7 Å². The molecule has 0 aromatic heterocycles. The average molecular weight is 416 g/mol. The number of esters is 1. The number of aromatic hydroxyl groups is 1. The number of nitrogens with one attached hydrogen (secondary N) is 1. The third-order valence-electron chi connectivity index (χ3n) is 4.28. The molecule has 26 heavy (non-hydrogen) atoms. The van der Waals surface area contributed by atoms with Crippen molar-refractivity contribution in [3.63, 3.8) is 0 Å². The predicted molar refractivity (Wildman–Crippen MR) is 115 cm³/mol. The number of ether oxygens (including phenoxy) is 1. The standard InChI is InChI=1S/C19H29NO3S3/c1-18(2,3)12-14(21)13(19(4,5)6)16(25)11(15(12)24)17(22)23-9-10-20-7-8-26-10/h10,20-21,24-25H,7-9H2,1-6H3. The minimum absolute atomic E-state index is 0.118. The smallest absolute Gasteiger partial charge is 0.340 e. The second kappa shape index (κ2) is 7.86. The van der Waals surface area contributed by atoms with Crippen LogP contribution in [0.5, 0.6) is 5.75 Å². The Bertz CT molecular complexity index is 658. The molecule has 1 aromatic carbocycles. The van der Waals surface area contributed by atoms with Crippen LogP contribution in [0.1, 0.15) is 63.0 Å². The lowest BCUT2D eigenvalue weighted by Gasteiger charge is -2.31. The summed E-state index contributed by atoms with van der Waals surface area (Å²) in [5, 5.41) is 14.4. The fourth-order valence-corrected chi connectivity index (χ4v) is 5.43. The van der Waals surface area contributed by atoms with Crippen molar-refractivity contribution in [3.8, 4) is 5.75 Å². The van der Waals surface area contributed by atoms with Crippen LogP contribution in [0.25, 0.3) is 0 Å². The topological polar surface area (TPSA) is 58.6 Å². The van der Waals surface area contributed by atoms with E-state index in [1.165, 1.54) is 0 Å². The number of benzene rings is 1. The van der Waals surface area contributed by atoms with Gasteiger partial charge in [-0.3, -0.25) is 0 Å². The van der Waals surface area contributed by atoms with Crippen LogP contribution in [-0.4, -0.2) is 35.4 Å². The number of carbonyl (C=O) groups excluding carboxylic acids is 1. The van der Waals surface area contributed by atoms with Crippen LogP contribution in [0.2, 0.25) is 0 Å². The maximum absolute atomic E-state index is 12.9. The normalized spacial score (nSPS) is 18.2. The van der Waals surface area contributed by atoms with Crippen LogP contribution in [0, 0.1) is 0 Å². The van der Waals surface area contributed by atoms with Crippen molar-refractivity contribution in [2.75, 3.05) is 18.9 Å². The first-order chi connectivity index (χ1) is 11.9. The van der Waals surface area contributed by atoms with E-state index in [4.69, 9.17) is 4.74 Å². The summed E-state index contributed by atoms with van der Waals surface area (Å²) in [7, 11) is 0. The summed E-state index contributed by atoms with van der Waals surface area (Å²) in [6.07, 6.45) is 0. The Morgan fingerprint density at radius 1 is 1.15 bits per heavy atom. The first-order valence-electron chi connectivity index (χ1n) is 8.69. The van der Waals surface area contributed by atoms with E-state index in [1.807, 2.05) is 41.5 Å². The Labute approximate surface area is 171 Å². The molecule has 2 rings (SSSR count). The largest absolute Gasteiger partial charge is 0.507 e. The van der Waals surface area contributed by atoms with Crippen molar-refractivity contribution >= 4 is 43.0 Å². The van der Waals surface area contributed by atoms with E-state index in [2.05, 4.69) is 30.6 Å². The Morgan fingerprint density at radius 2 is 1.65 bits per heavy atom. The molecule has 0 spiro atoms. The third kappa shape index (κ3) is 4.49. The summed E-state index contributed by atoms with van der Waals surface area (Å²) in [6, 6.07) is 0. The zero-order chi connectivity index (χ0) is 19.9. The summed E-state index contributed by atoms with van der Waals surface area (Å²) in [6.45, 7) is 13.1. The molecule has 1 aliphatic heterocycles. The van der Waals surface area contributed by atoms with Gasteiger partial charge in [0.2, 0.25) is 0 Å². The van der Waals surface area contributed by atoms with Crippen molar-refractivity contribution in [2.24, 2.45) is 0 Å². The maximum Gasteiger partial charge on any atom is 0.340 e. The van der Waals surface area contributed by atoms with E-state index in [1.54, 1.807) is 11.8 Å². The molecule has 1 heterocycles. The molecule has 1 aliphatic rings. The minimum atomic E-state index is -0.453. The number of phenolic OH excluding ortho intramolecular Hbond substituents is 1. The zero-order valence-corrected chi connectivity index (χ0v) is 18.9. The highest BCUT2D eigenvalue weighted by Gasteiger charge is 2.35. The molecule has 2 N–H and O–H groups in total. The highest BCUT2D eigenvalue weighted by molar-refractivity contribution is 8.00. The molecule has 0 bridgehead atoms. The number of rotatable bonds is 3. The molecule has 4 nitrogen and oxygen atoms in total. The molecule has 146 valence electrons. The van der Waals surface area contributed by atoms with E-state index in [0.717, 1.165) is 12.3 Å². The van der Waals surface area contributed by atoms with E-state index in [0.29, 0.717) is 33.1 Å². The van der Waals surface area contributed by atoms with Crippen molar-refractivity contribution in [1.29, 1.82) is 0 Å². The molecular weight excluding hydrogens is 386 g/mol. The summed E-state index contributed by atoms with van der Waals surface area (Å²) in [4.78, 5) is 13.7. The van der Waals surface area contributed by atoms with Crippen LogP contribution in [-0.2, 0) is 15.6 Å². The lowest BCUT2D eigenvalue weighted by molar-refractivity contribution is 0.0491. The summed E-state index contributed by atoms with van der Waals surface area (Å²) in [5.41, 5.74) is 0.834. The van der Waals surface area contributed by atoms with Crippen molar-refractivity contribution < 1.29 is 14.6 Å². The zero-order valence-electron chi connectivity index (χ0n) is 16.3. The van der Waals surface area contributed by atoms with E-state index < -0.39 is 5.97 Å². The summed E-state index contributed by atoms with van der Waals surface area (Å²) in [5.74, 6) is 0.717. The minimum Gasteiger partial charge on any atom is -0.507 e. The van der Waals surface area contributed by atoms with Gasteiger partial charge in [0.25, 0.3) is 0 Å². The first kappa shape index (κ1) is 21.8. The number of phenols is 1. The second-order valence-electron chi connectivity index (χ2n) is 8.58. The van der Waals surface area contributed by atoms with Gasteiger partial charge in [-0.25, -0.2) is 4.79 Å². The molecule has 1 atom stereocenters. The molecule has 0 amide bonds. The van der Waals surface area contributed by atoms with Gasteiger partial charge in [-0.2, -0.15) is 0 Å². The quantitative estimate of drug-likeness (QED) is 0.436. The maximum atomic E-state index is 12.9. The van der Waals surface area contributed by atoms with E-state index in [9.17, 15) is 9.90 Å². The number of hydrogen-bond donors (Lipinski definition) is 4. The van der Waals surface area contributed by atoms with Crippen LogP contribution in [0.3, 0.4) is 0 Å². The summed E-state index contributed by atoms with van der Waals surface area (Å²) < 4.78 is 5.55. The fourth-order valence-electron chi connectivity index (χ4n) is 3.14. The van der Waals surface area contributed by atoms with Gasteiger partial charge in [0.05, 0.1) is 10.9 Å². The molecule has 1 unspecified atom stereocenters. The van der Waals surface area contributed by atoms with Gasteiger partial charge in [0, 0.05) is 33.2 Å². The molecule has 0 saturated carbocycles. The number of hydrogen-bond acceptors (Lipinski definition) is 7. The van der Waals surface area contributed by atoms with Gasteiger partial charge in [0.15, 0.2) is 0 Å². The summed E-state index contributed by atoms with van der Waals surface area (Å²) >= 11 is 10.9. The molecule has 1 fully saturated rings. The molecular formula is C19H29NO3S3. The second-order valence-corrected chi connectivity index (χ2v) is 10.8. The Morgan fingerprint density at radius 3 is 2.04 bits per heavy atom. The van der Waals surface area contributed by atoms with Gasteiger partial charge in [-0.05, 0) is 10.8 Å². The van der Waals surface area contributed by atoms with Crippen LogP contribution >= 0.6 is 37.0 Å². The molecule has 1 aromatic rings. The van der Waals surface area contributed by atoms with Gasteiger partial charge < -0.3 is 15.2 Å². The first-order valence-corrected chi connectivity index (χ1v) is 10.6. The number of thioether (sulfide) groups is 1. The monoisotopic (exact) mass is 415 g/mol. The molecule has 0 aliphatic carbocycles. The lowest BCUT2D eigenvalue weighted by atomic mass is 9.78. The van der Waals surface area contributed by atoms with Crippen LogP contribution < -0.4 is 5.32 Å². The van der Waals surface area contributed by atoms with Crippen LogP contribution in [0.15, 0.2) is 9.79 Å². The Hall–Kier alpha value is -0.500. The Kier molecular flexibility index (Phi) is 6.59. The van der Waals surface area contributed by atoms with Gasteiger partial charge in [-0.15, -0.1) is 37.0 Å². The highest BCUT2D eigenvalue weighted by Crippen LogP contribution is 2.47. The Balaban J connectivity index is 2.55. The number of thiol groups is 2. The lowest BCUT2D eigenvalue weighted by Crippen LogP contribution is -2.27. The third-order valence-corrected chi connectivity index (χ3v) is 6.32. The van der Waals surface area contributed by atoms with E-state index in [-0.39, 0.29) is 22.0 Å². The predicted octanol–water partition coefficient (Wildman–Crippen LogP) is 4.38. The van der Waals surface area contributed by atoms with Crippen molar-refractivity contribution in [2.45, 2.75) is 67.5 Å². The van der Waals surface area contributed by atoms with E-state index >= 15 is 0 Å². The number of carbonyl (C=O) groups is 1. The molecule has 1 saturated heterocycles. The van der Waals surface area contributed by atoms with Crippen LogP contribution in [0.4, 0.5) is 0 Å². The average Bonchev–Trinajstić information content (AvgIpc) is 2.94. The molecule has 0 radical (unpaired) electrons. The van der Waals surface area contributed by atoms with Gasteiger partial charge >= 0.3 is 5.97 Å². The fraction of sp³-hybridized carbons (Fsp3) is 0.632.